The van der Waals surface area contributed by atoms with Gasteiger partial charge in [0.2, 0.25) is 11.8 Å². The fourth-order valence-electron chi connectivity index (χ4n) is 2.85. The van der Waals surface area contributed by atoms with E-state index in [9.17, 15) is 9.59 Å². The number of carbonyl (C=O) groups excluding carboxylic acids is 2. The van der Waals surface area contributed by atoms with Crippen molar-refractivity contribution in [2.24, 2.45) is 0 Å². The molecular weight excluding hydrogens is 290 g/mol. The average molecular weight is 317 g/mol. The van der Waals surface area contributed by atoms with Gasteiger partial charge in [-0.25, -0.2) is 0 Å². The number of hydrogen-bond acceptors (Lipinski definition) is 3. The number of anilines is 2. The summed E-state index contributed by atoms with van der Waals surface area (Å²) in [4.78, 5) is 27.7. The number of benzene rings is 1. The molecule has 0 saturated carbocycles. The topological polar surface area (TPSA) is 52.7 Å². The normalized spacial score (nSPS) is 13.9. The van der Waals surface area contributed by atoms with Gasteiger partial charge < -0.3 is 15.1 Å². The van der Waals surface area contributed by atoms with Gasteiger partial charge in [0.15, 0.2) is 0 Å². The van der Waals surface area contributed by atoms with E-state index >= 15 is 0 Å². The molecule has 1 aliphatic heterocycles. The van der Waals surface area contributed by atoms with Gasteiger partial charge in [-0.1, -0.05) is 6.92 Å². The van der Waals surface area contributed by atoms with Crippen molar-refractivity contribution in [1.82, 2.24) is 5.32 Å². The van der Waals surface area contributed by atoms with Gasteiger partial charge in [-0.05, 0) is 43.5 Å². The number of hydrogen-bond donors (Lipinski definition) is 1. The first-order valence-electron chi connectivity index (χ1n) is 8.51. The van der Waals surface area contributed by atoms with E-state index in [1.165, 1.54) is 18.5 Å². The number of nitrogens with zero attached hydrogens (tertiary/aromatic N) is 2. The molecule has 1 aliphatic rings. The van der Waals surface area contributed by atoms with Crippen molar-refractivity contribution in [3.05, 3.63) is 24.3 Å². The summed E-state index contributed by atoms with van der Waals surface area (Å²) < 4.78 is 0. The third kappa shape index (κ3) is 4.98. The first-order chi connectivity index (χ1) is 11.1. The van der Waals surface area contributed by atoms with Crippen LogP contribution in [0.5, 0.6) is 0 Å². The fourth-order valence-corrected chi connectivity index (χ4v) is 2.85. The van der Waals surface area contributed by atoms with E-state index in [1.54, 1.807) is 11.8 Å². The largest absolute Gasteiger partial charge is 0.372 e. The lowest BCUT2D eigenvalue weighted by Crippen LogP contribution is -2.34. The fraction of sp³-hybridized carbons (Fsp3) is 0.556. The quantitative estimate of drug-likeness (QED) is 0.841. The molecule has 23 heavy (non-hydrogen) atoms. The highest BCUT2D eigenvalue weighted by Crippen LogP contribution is 2.24. The lowest BCUT2D eigenvalue weighted by molar-refractivity contribution is -0.121. The van der Waals surface area contributed by atoms with Crippen molar-refractivity contribution in [2.45, 2.75) is 39.5 Å². The SMILES string of the molecule is CCCNC(=O)CCN(C(C)=O)c1ccc(N2CCCC2)cc1. The van der Waals surface area contributed by atoms with Crippen LogP contribution in [-0.4, -0.2) is 38.0 Å². The molecule has 0 atom stereocenters. The Hall–Kier alpha value is -2.04. The van der Waals surface area contributed by atoms with E-state index in [2.05, 4.69) is 22.3 Å². The van der Waals surface area contributed by atoms with Gasteiger partial charge in [0.1, 0.15) is 0 Å². The van der Waals surface area contributed by atoms with Crippen LogP contribution in [0.3, 0.4) is 0 Å². The van der Waals surface area contributed by atoms with Crippen LogP contribution in [0.4, 0.5) is 11.4 Å². The molecule has 0 radical (unpaired) electrons. The van der Waals surface area contributed by atoms with Crippen molar-refractivity contribution in [3.63, 3.8) is 0 Å². The van der Waals surface area contributed by atoms with Crippen molar-refractivity contribution in [1.29, 1.82) is 0 Å². The third-order valence-corrected chi connectivity index (χ3v) is 4.15. The Kier molecular flexibility index (Phi) is 6.44. The van der Waals surface area contributed by atoms with Crippen LogP contribution >= 0.6 is 0 Å². The molecule has 0 unspecified atom stereocenters. The Bertz CT molecular complexity index is 522. The lowest BCUT2D eigenvalue weighted by Gasteiger charge is -2.23. The second kappa shape index (κ2) is 8.56. The van der Waals surface area contributed by atoms with Crippen molar-refractivity contribution >= 4 is 23.2 Å². The summed E-state index contributed by atoms with van der Waals surface area (Å²) in [5, 5.41) is 2.84. The Balaban J connectivity index is 1.97. The standard InChI is InChI=1S/C18H27N3O2/c1-3-11-19-18(23)10-14-21(15(2)22)17-8-6-16(7-9-17)20-12-4-5-13-20/h6-9H,3-5,10-14H2,1-2H3,(H,19,23). The molecule has 0 bridgehead atoms. The van der Waals surface area contributed by atoms with Gasteiger partial charge in [0.25, 0.3) is 0 Å². The molecule has 1 heterocycles. The zero-order valence-corrected chi connectivity index (χ0v) is 14.2. The third-order valence-electron chi connectivity index (χ3n) is 4.15. The molecule has 1 N–H and O–H groups in total. The molecule has 1 fully saturated rings. The highest BCUT2D eigenvalue weighted by molar-refractivity contribution is 5.92. The molecular formula is C18H27N3O2. The van der Waals surface area contributed by atoms with Crippen LogP contribution in [0.25, 0.3) is 0 Å². The smallest absolute Gasteiger partial charge is 0.223 e. The maximum Gasteiger partial charge on any atom is 0.223 e. The minimum atomic E-state index is -0.0396. The molecule has 2 rings (SSSR count). The Morgan fingerprint density at radius 3 is 2.39 bits per heavy atom. The molecule has 0 aromatic heterocycles. The number of carbonyl (C=O) groups is 2. The summed E-state index contributed by atoms with van der Waals surface area (Å²) >= 11 is 0. The van der Waals surface area contributed by atoms with Crippen LogP contribution in [0, 0.1) is 0 Å². The van der Waals surface area contributed by atoms with Gasteiger partial charge in [0, 0.05) is 50.9 Å². The average Bonchev–Trinajstić information content (AvgIpc) is 3.08. The van der Waals surface area contributed by atoms with Crippen molar-refractivity contribution < 1.29 is 9.59 Å². The van der Waals surface area contributed by atoms with Crippen LogP contribution < -0.4 is 15.1 Å². The molecule has 2 amide bonds. The molecule has 5 nitrogen and oxygen atoms in total. The minimum absolute atomic E-state index is 0.00760. The Labute approximate surface area is 138 Å². The maximum atomic E-state index is 11.9. The van der Waals surface area contributed by atoms with E-state index in [1.807, 2.05) is 19.1 Å². The molecule has 0 aliphatic carbocycles. The zero-order valence-electron chi connectivity index (χ0n) is 14.2. The molecule has 5 heteroatoms. The van der Waals surface area contributed by atoms with Gasteiger partial charge in [-0.15, -0.1) is 0 Å². The summed E-state index contributed by atoms with van der Waals surface area (Å²) in [6, 6.07) is 8.07. The van der Waals surface area contributed by atoms with Gasteiger partial charge >= 0.3 is 0 Å². The van der Waals surface area contributed by atoms with E-state index in [0.29, 0.717) is 19.5 Å². The summed E-state index contributed by atoms with van der Waals surface area (Å²) in [5.41, 5.74) is 2.05. The first-order valence-corrected chi connectivity index (χ1v) is 8.51. The second-order valence-corrected chi connectivity index (χ2v) is 5.98. The summed E-state index contributed by atoms with van der Waals surface area (Å²) in [7, 11) is 0. The van der Waals surface area contributed by atoms with Gasteiger partial charge in [-0.2, -0.15) is 0 Å². The molecule has 1 aromatic carbocycles. The predicted molar refractivity (Wildman–Crippen MR) is 93.8 cm³/mol. The molecule has 1 aromatic rings. The summed E-state index contributed by atoms with van der Waals surface area (Å²) in [6.45, 7) is 6.86. The van der Waals surface area contributed by atoms with E-state index in [0.717, 1.165) is 25.2 Å². The monoisotopic (exact) mass is 317 g/mol. The summed E-state index contributed by atoms with van der Waals surface area (Å²) in [6.07, 6.45) is 3.73. The molecule has 0 spiro atoms. The Morgan fingerprint density at radius 2 is 1.83 bits per heavy atom. The van der Waals surface area contributed by atoms with E-state index in [4.69, 9.17) is 0 Å². The summed E-state index contributed by atoms with van der Waals surface area (Å²) in [5.74, 6) is -0.0472. The van der Waals surface area contributed by atoms with Crippen molar-refractivity contribution in [2.75, 3.05) is 36.0 Å². The van der Waals surface area contributed by atoms with E-state index < -0.39 is 0 Å². The zero-order chi connectivity index (χ0) is 16.7. The first kappa shape index (κ1) is 17.3. The predicted octanol–water partition coefficient (Wildman–Crippen LogP) is 2.56. The number of nitrogens with one attached hydrogen (secondary N) is 1. The van der Waals surface area contributed by atoms with Crippen LogP contribution in [0.2, 0.25) is 0 Å². The van der Waals surface area contributed by atoms with Crippen molar-refractivity contribution in [3.8, 4) is 0 Å². The van der Waals surface area contributed by atoms with Crippen LogP contribution in [0.1, 0.15) is 39.5 Å². The van der Waals surface area contributed by atoms with Crippen LogP contribution in [0.15, 0.2) is 24.3 Å². The van der Waals surface area contributed by atoms with E-state index in [-0.39, 0.29) is 11.8 Å². The number of amides is 2. The van der Waals surface area contributed by atoms with Gasteiger partial charge in [0.05, 0.1) is 0 Å². The Morgan fingerprint density at radius 1 is 1.17 bits per heavy atom. The lowest BCUT2D eigenvalue weighted by atomic mass is 10.2. The van der Waals surface area contributed by atoms with Gasteiger partial charge in [-0.3, -0.25) is 9.59 Å². The highest BCUT2D eigenvalue weighted by Gasteiger charge is 2.15. The highest BCUT2D eigenvalue weighted by atomic mass is 16.2. The maximum absolute atomic E-state index is 11.9. The molecule has 126 valence electrons. The number of rotatable bonds is 7. The van der Waals surface area contributed by atoms with Crippen LogP contribution in [-0.2, 0) is 9.59 Å². The molecule has 1 saturated heterocycles. The minimum Gasteiger partial charge on any atom is -0.372 e. The second-order valence-electron chi connectivity index (χ2n) is 5.98.